The molecule has 0 aliphatic carbocycles. The molecular formula is C5H11NO2. The van der Waals surface area contributed by atoms with Crippen LogP contribution in [0.2, 0.25) is 0 Å². The van der Waals surface area contributed by atoms with Crippen LogP contribution >= 0.6 is 0 Å². The van der Waals surface area contributed by atoms with Crippen LogP contribution in [-0.2, 0) is 4.79 Å². The molecule has 0 aliphatic rings. The lowest BCUT2D eigenvalue weighted by molar-refractivity contribution is -0.114. The first-order chi connectivity index (χ1) is 3.15. The van der Waals surface area contributed by atoms with Crippen LogP contribution in [0.3, 0.4) is 0 Å². The van der Waals surface area contributed by atoms with Crippen LogP contribution in [0.25, 0.3) is 0 Å². The normalized spacial score (nSPS) is 4.25. The Morgan fingerprint density at radius 2 is 1.50 bits per heavy atom. The zero-order chi connectivity index (χ0) is 6.28. The van der Waals surface area contributed by atoms with E-state index in [0.29, 0.717) is 0 Å². The molecule has 0 aromatic carbocycles. The fourth-order valence-corrected chi connectivity index (χ4v) is 0. The number of hydrogen-bond donors (Lipinski definition) is 0. The molecule has 0 amide bonds. The Balaban J connectivity index is -0.0000000575. The van der Waals surface area contributed by atoms with Crippen molar-refractivity contribution in [2.24, 2.45) is 0 Å². The van der Waals surface area contributed by atoms with Crippen molar-refractivity contribution >= 4 is 5.78 Å². The maximum absolute atomic E-state index is 9.44. The molecule has 3 nitrogen and oxygen atoms in total. The minimum Gasteiger partial charge on any atom is -0.412 e. The minimum absolute atomic E-state index is 0. The van der Waals surface area contributed by atoms with Crippen LogP contribution in [0.15, 0.2) is 0 Å². The summed E-state index contributed by atoms with van der Waals surface area (Å²) in [6, 6.07) is 1.75. The molecule has 0 radical (unpaired) electrons. The molecule has 0 aromatic rings. The summed E-state index contributed by atoms with van der Waals surface area (Å²) >= 11 is 0. The van der Waals surface area contributed by atoms with Gasteiger partial charge >= 0.3 is 0 Å². The Hall–Kier alpha value is -0.880. The summed E-state index contributed by atoms with van der Waals surface area (Å²) in [5.74, 6) is 0.167. The third kappa shape index (κ3) is 112. The molecule has 0 rings (SSSR count). The van der Waals surface area contributed by atoms with Gasteiger partial charge in [0.15, 0.2) is 0 Å². The highest BCUT2D eigenvalue weighted by atomic mass is 16.1. The highest BCUT2D eigenvalue weighted by Crippen LogP contribution is 1.50. The molecule has 0 saturated carbocycles. The Kier molecular flexibility index (Phi) is 32.4. The Morgan fingerprint density at radius 3 is 1.50 bits per heavy atom. The number of carbonyl (C=O) groups excluding carboxylic acids is 1. The summed E-state index contributed by atoms with van der Waals surface area (Å²) in [6.45, 7) is 4.49. The summed E-state index contributed by atoms with van der Waals surface area (Å²) < 4.78 is 0. The fraction of sp³-hybridized carbons (Fsp3) is 0.600. The van der Waals surface area contributed by atoms with Gasteiger partial charge in [0, 0.05) is 6.92 Å². The first-order valence-corrected chi connectivity index (χ1v) is 1.93. The van der Waals surface area contributed by atoms with Gasteiger partial charge < -0.3 is 10.3 Å². The number of carbonyl (C=O) groups is 1. The Bertz CT molecular complexity index is 78.9. The Morgan fingerprint density at radius 1 is 1.50 bits per heavy atom. The average molecular weight is 117 g/mol. The quantitative estimate of drug-likeness (QED) is 0.457. The predicted molar refractivity (Wildman–Crippen MR) is 31.3 cm³/mol. The van der Waals surface area contributed by atoms with Gasteiger partial charge in [0.1, 0.15) is 5.78 Å². The summed E-state index contributed by atoms with van der Waals surface area (Å²) in [7, 11) is 0. The van der Waals surface area contributed by atoms with Gasteiger partial charge in [-0.1, -0.05) is 0 Å². The molecule has 0 aromatic heterocycles. The van der Waals surface area contributed by atoms with Crippen LogP contribution in [0.1, 0.15) is 20.8 Å². The van der Waals surface area contributed by atoms with Gasteiger partial charge in [0.05, 0.1) is 6.07 Å². The minimum atomic E-state index is 0. The smallest absolute Gasteiger partial charge is 0.126 e. The second kappa shape index (κ2) is 16.5. The zero-order valence-corrected chi connectivity index (χ0v) is 5.36. The van der Waals surface area contributed by atoms with Crippen LogP contribution < -0.4 is 0 Å². The second-order valence-electron chi connectivity index (χ2n) is 1.13. The van der Waals surface area contributed by atoms with E-state index in [-0.39, 0.29) is 11.3 Å². The van der Waals surface area contributed by atoms with Crippen molar-refractivity contribution in [2.75, 3.05) is 0 Å². The first kappa shape index (κ1) is 15.7. The molecule has 0 saturated heterocycles. The summed E-state index contributed by atoms with van der Waals surface area (Å²) in [6.07, 6.45) is 0. The number of hydrogen-bond acceptors (Lipinski definition) is 2. The molecule has 0 atom stereocenters. The molecule has 0 aliphatic heterocycles. The lowest BCUT2D eigenvalue weighted by atomic mass is 10.6. The number of nitrogens with zero attached hydrogens (tertiary/aromatic N) is 1. The number of ketones is 1. The number of nitriles is 1. The van der Waals surface area contributed by atoms with E-state index in [0.717, 1.165) is 0 Å². The molecule has 8 heavy (non-hydrogen) atoms. The van der Waals surface area contributed by atoms with Crippen molar-refractivity contribution in [1.82, 2.24) is 0 Å². The van der Waals surface area contributed by atoms with Gasteiger partial charge in [-0.15, -0.1) is 0 Å². The summed E-state index contributed by atoms with van der Waals surface area (Å²) in [4.78, 5) is 9.44. The van der Waals surface area contributed by atoms with E-state index < -0.39 is 0 Å². The summed E-state index contributed by atoms with van der Waals surface area (Å²) in [5, 5.41) is 7.32. The van der Waals surface area contributed by atoms with E-state index in [1.54, 1.807) is 6.07 Å². The number of Topliss-reactive ketones (excluding diaryl/α,β-unsaturated/α-hetero) is 1. The molecular weight excluding hydrogens is 106 g/mol. The predicted octanol–water partition coefficient (Wildman–Crippen LogP) is 0.300. The van der Waals surface area contributed by atoms with E-state index in [2.05, 4.69) is 0 Å². The average Bonchev–Trinajstić information content (AvgIpc) is 1.33. The maximum atomic E-state index is 9.44. The lowest BCUT2D eigenvalue weighted by Crippen LogP contribution is -1.69. The van der Waals surface area contributed by atoms with Gasteiger partial charge in [-0.3, -0.25) is 0 Å². The first-order valence-electron chi connectivity index (χ1n) is 1.93. The largest absolute Gasteiger partial charge is 0.412 e. The van der Waals surface area contributed by atoms with Gasteiger partial charge in [0.25, 0.3) is 0 Å². The van der Waals surface area contributed by atoms with E-state index in [1.165, 1.54) is 20.8 Å². The van der Waals surface area contributed by atoms with Crippen molar-refractivity contribution in [3.63, 3.8) is 0 Å². The maximum Gasteiger partial charge on any atom is 0.126 e. The summed E-state index contributed by atoms with van der Waals surface area (Å²) in [5.41, 5.74) is 0. The molecule has 0 unspecified atom stereocenters. The zero-order valence-electron chi connectivity index (χ0n) is 5.36. The third-order valence-electron chi connectivity index (χ3n) is 0. The van der Waals surface area contributed by atoms with Crippen LogP contribution in [0.4, 0.5) is 0 Å². The third-order valence-corrected chi connectivity index (χ3v) is 0. The van der Waals surface area contributed by atoms with Gasteiger partial charge in [-0.2, -0.15) is 5.26 Å². The Labute approximate surface area is 49.2 Å². The molecule has 0 bridgehead atoms. The van der Waals surface area contributed by atoms with E-state index in [9.17, 15) is 4.79 Å². The van der Waals surface area contributed by atoms with Crippen molar-refractivity contribution in [3.05, 3.63) is 0 Å². The van der Waals surface area contributed by atoms with Crippen LogP contribution in [0.5, 0.6) is 0 Å². The van der Waals surface area contributed by atoms with Crippen molar-refractivity contribution in [3.8, 4) is 6.07 Å². The SMILES string of the molecule is CC#N.CC(C)=O.O. The molecule has 48 valence electrons. The monoisotopic (exact) mass is 117 g/mol. The molecule has 0 spiro atoms. The van der Waals surface area contributed by atoms with Crippen LogP contribution in [0, 0.1) is 11.3 Å². The van der Waals surface area contributed by atoms with Gasteiger partial charge in [-0.25, -0.2) is 0 Å². The van der Waals surface area contributed by atoms with Crippen molar-refractivity contribution in [2.45, 2.75) is 20.8 Å². The second-order valence-corrected chi connectivity index (χ2v) is 1.13. The molecule has 3 heteroatoms. The highest BCUT2D eigenvalue weighted by Gasteiger charge is 1.62. The van der Waals surface area contributed by atoms with Crippen molar-refractivity contribution < 1.29 is 10.3 Å². The van der Waals surface area contributed by atoms with E-state index >= 15 is 0 Å². The van der Waals surface area contributed by atoms with E-state index in [4.69, 9.17) is 5.26 Å². The molecule has 0 fully saturated rings. The van der Waals surface area contributed by atoms with E-state index in [1.807, 2.05) is 0 Å². The highest BCUT2D eigenvalue weighted by molar-refractivity contribution is 5.72. The van der Waals surface area contributed by atoms with Crippen LogP contribution in [-0.4, -0.2) is 11.3 Å². The number of rotatable bonds is 0. The van der Waals surface area contributed by atoms with Gasteiger partial charge in [0.2, 0.25) is 0 Å². The topological polar surface area (TPSA) is 72.4 Å². The standard InChI is InChI=1S/C3H6O.C2H3N.H2O/c1-3(2)4;1-2-3;/h1-2H3;1H3;1H2. The molecule has 2 N–H and O–H groups in total. The fourth-order valence-electron chi connectivity index (χ4n) is 0. The van der Waals surface area contributed by atoms with Gasteiger partial charge in [-0.05, 0) is 13.8 Å². The lowest BCUT2D eigenvalue weighted by Gasteiger charge is -1.56. The molecule has 0 heterocycles. The van der Waals surface area contributed by atoms with Crippen molar-refractivity contribution in [1.29, 1.82) is 5.26 Å².